The third kappa shape index (κ3) is 4.31. The number of alkyl halides is 2. The Morgan fingerprint density at radius 1 is 1.23 bits per heavy atom. The molecule has 0 spiro atoms. The highest BCUT2D eigenvalue weighted by molar-refractivity contribution is 7.17. The van der Waals surface area contributed by atoms with Crippen LogP contribution >= 0.6 is 11.3 Å². The lowest BCUT2D eigenvalue weighted by atomic mass is 10.1. The molecular formula is C23H21F2N3O2S. The van der Waals surface area contributed by atoms with Gasteiger partial charge in [-0.1, -0.05) is 0 Å². The smallest absolute Gasteiger partial charge is 0.260 e. The van der Waals surface area contributed by atoms with E-state index >= 15 is 0 Å². The van der Waals surface area contributed by atoms with Crippen molar-refractivity contribution in [2.75, 3.05) is 26.2 Å². The second-order valence-corrected chi connectivity index (χ2v) is 8.74. The van der Waals surface area contributed by atoms with E-state index in [9.17, 15) is 8.78 Å². The third-order valence-corrected chi connectivity index (χ3v) is 6.35. The minimum Gasteiger partial charge on any atom is -0.492 e. The molecule has 1 aliphatic heterocycles. The Morgan fingerprint density at radius 3 is 3.00 bits per heavy atom. The Balaban J connectivity index is 1.32. The number of thiophene rings is 1. The van der Waals surface area contributed by atoms with Crippen molar-refractivity contribution in [3.05, 3.63) is 53.3 Å². The zero-order chi connectivity index (χ0) is 21.4. The molecule has 1 aliphatic rings. The number of aromatic nitrogens is 1. The summed E-state index contributed by atoms with van der Waals surface area (Å²) in [5.74, 6) is -1.48. The van der Waals surface area contributed by atoms with Gasteiger partial charge >= 0.3 is 0 Å². The Kier molecular flexibility index (Phi) is 5.19. The van der Waals surface area contributed by atoms with Gasteiger partial charge in [0, 0.05) is 40.7 Å². The lowest BCUT2D eigenvalue weighted by Crippen LogP contribution is -2.44. The van der Waals surface area contributed by atoms with E-state index in [0.717, 1.165) is 10.1 Å². The molecule has 3 aromatic heterocycles. The van der Waals surface area contributed by atoms with E-state index in [1.54, 1.807) is 46.7 Å². The molecule has 8 heteroatoms. The monoisotopic (exact) mass is 441 g/mol. The fourth-order valence-corrected chi connectivity index (χ4v) is 4.70. The van der Waals surface area contributed by atoms with Gasteiger partial charge in [-0.05, 0) is 48.7 Å². The van der Waals surface area contributed by atoms with E-state index in [0.29, 0.717) is 59.6 Å². The highest BCUT2D eigenvalue weighted by atomic mass is 32.1. The van der Waals surface area contributed by atoms with Crippen LogP contribution in [0.5, 0.6) is 5.75 Å². The lowest BCUT2D eigenvalue weighted by Gasteiger charge is -2.32. The maximum atomic E-state index is 13.5. The Morgan fingerprint density at radius 2 is 2.13 bits per heavy atom. The molecule has 1 saturated heterocycles. The molecule has 0 saturated carbocycles. The summed E-state index contributed by atoms with van der Waals surface area (Å²) in [6.45, 7) is 1.22. The first kappa shape index (κ1) is 20.1. The van der Waals surface area contributed by atoms with Gasteiger partial charge in [-0.25, -0.2) is 8.78 Å². The number of pyridine rings is 1. The minimum atomic E-state index is -2.61. The summed E-state index contributed by atoms with van der Waals surface area (Å²) in [6, 6.07) is 10.9. The molecular weight excluding hydrogens is 420 g/mol. The number of hydrogen-bond donors (Lipinski definition) is 1. The number of piperidine rings is 1. The first-order valence-corrected chi connectivity index (χ1v) is 11.0. The number of nitrogens with one attached hydrogen (secondary N) is 1. The number of ether oxygens (including phenoxy) is 1. The van der Waals surface area contributed by atoms with Crippen molar-refractivity contribution in [2.24, 2.45) is 0 Å². The van der Waals surface area contributed by atoms with Gasteiger partial charge in [-0.15, -0.1) is 11.3 Å². The Bertz CT molecular complexity index is 1300. The fourth-order valence-electron chi connectivity index (χ4n) is 3.90. The van der Waals surface area contributed by atoms with Crippen molar-refractivity contribution in [2.45, 2.75) is 18.8 Å². The molecule has 1 aromatic carbocycles. The minimum absolute atomic E-state index is 0.0382. The van der Waals surface area contributed by atoms with Crippen LogP contribution in [-0.4, -0.2) is 42.0 Å². The van der Waals surface area contributed by atoms with E-state index in [2.05, 4.69) is 4.98 Å². The molecule has 5 nitrogen and oxygen atoms in total. The molecule has 1 fully saturated rings. The number of hydrogen-bond acceptors (Lipinski definition) is 6. The second kappa shape index (κ2) is 8.01. The molecule has 4 heterocycles. The van der Waals surface area contributed by atoms with Crippen LogP contribution in [0.15, 0.2) is 52.4 Å². The molecule has 5 rings (SSSR count). The van der Waals surface area contributed by atoms with Gasteiger partial charge < -0.3 is 9.15 Å². The summed E-state index contributed by atoms with van der Waals surface area (Å²) in [5.41, 5.74) is 1.25. The molecule has 0 aliphatic carbocycles. The van der Waals surface area contributed by atoms with Crippen LogP contribution in [-0.2, 0) is 0 Å². The summed E-state index contributed by atoms with van der Waals surface area (Å²) < 4.78 is 39.9. The van der Waals surface area contributed by atoms with Crippen LogP contribution in [0.3, 0.4) is 0 Å². The molecule has 4 aromatic rings. The summed E-state index contributed by atoms with van der Waals surface area (Å²) in [7, 11) is 0. The number of nitrogens with zero attached hydrogens (tertiary/aromatic N) is 2. The molecule has 0 amide bonds. The first-order valence-electron chi connectivity index (χ1n) is 10.2. The van der Waals surface area contributed by atoms with Gasteiger partial charge in [-0.3, -0.25) is 15.3 Å². The topological polar surface area (TPSA) is 62.4 Å². The number of rotatable bonds is 5. The number of fused-ring (bicyclic) bond motifs is 2. The van der Waals surface area contributed by atoms with Crippen LogP contribution < -0.4 is 10.1 Å². The summed E-state index contributed by atoms with van der Waals surface area (Å²) in [6.07, 6.45) is 2.27. The van der Waals surface area contributed by atoms with Crippen LogP contribution in [0, 0.1) is 5.41 Å². The highest BCUT2D eigenvalue weighted by Crippen LogP contribution is 2.28. The molecule has 0 unspecified atom stereocenters. The van der Waals surface area contributed by atoms with Gasteiger partial charge in [-0.2, -0.15) is 0 Å². The van der Waals surface area contributed by atoms with Gasteiger partial charge in [0.2, 0.25) is 0 Å². The predicted octanol–water partition coefficient (Wildman–Crippen LogP) is 5.30. The van der Waals surface area contributed by atoms with E-state index in [1.807, 2.05) is 17.5 Å². The van der Waals surface area contributed by atoms with Crippen molar-refractivity contribution in [1.82, 2.24) is 9.88 Å². The average Bonchev–Trinajstić information content (AvgIpc) is 3.21. The van der Waals surface area contributed by atoms with Gasteiger partial charge in [0.25, 0.3) is 5.92 Å². The highest BCUT2D eigenvalue weighted by Gasteiger charge is 2.34. The van der Waals surface area contributed by atoms with Gasteiger partial charge in [0.05, 0.1) is 11.9 Å². The zero-order valence-corrected chi connectivity index (χ0v) is 17.6. The van der Waals surface area contributed by atoms with Crippen molar-refractivity contribution < 1.29 is 17.9 Å². The predicted molar refractivity (Wildman–Crippen MR) is 117 cm³/mol. The molecule has 0 bridgehead atoms. The van der Waals surface area contributed by atoms with E-state index < -0.39 is 5.92 Å². The first-order chi connectivity index (χ1) is 15.0. The molecule has 1 N–H and O–H groups in total. The summed E-state index contributed by atoms with van der Waals surface area (Å²) in [4.78, 5) is 6.19. The standard InChI is InChI=1S/C23H21F2N3O2S/c24-23(25)5-1-6-28(14-23)7-8-29-16-2-3-20-17(10-16)18(26)11-21(30-20)19-12-22-15(13-27-19)4-9-31-22/h2-4,9-13,26H,1,5-8,14H2. The Hall–Kier alpha value is -2.84. The molecule has 160 valence electrons. The van der Waals surface area contributed by atoms with E-state index in [1.165, 1.54) is 0 Å². The molecule has 0 atom stereocenters. The van der Waals surface area contributed by atoms with Crippen molar-refractivity contribution in [3.8, 4) is 17.2 Å². The van der Waals surface area contributed by atoms with Crippen LogP contribution in [0.2, 0.25) is 0 Å². The van der Waals surface area contributed by atoms with Gasteiger partial charge in [0.1, 0.15) is 23.6 Å². The second-order valence-electron chi connectivity index (χ2n) is 7.79. The van der Waals surface area contributed by atoms with Crippen LogP contribution in [0.4, 0.5) is 8.78 Å². The summed E-state index contributed by atoms with van der Waals surface area (Å²) >= 11 is 1.63. The summed E-state index contributed by atoms with van der Waals surface area (Å²) in [5, 5.41) is 12.5. The third-order valence-electron chi connectivity index (χ3n) is 5.47. The van der Waals surface area contributed by atoms with Crippen LogP contribution in [0.1, 0.15) is 12.8 Å². The SMILES string of the molecule is N=c1cc(-c2cc3sccc3cn2)oc2ccc(OCCN3CCCC(F)(F)C3)cc12. The number of likely N-dealkylation sites (tertiary alicyclic amines) is 1. The number of benzene rings is 1. The van der Waals surface area contributed by atoms with Crippen molar-refractivity contribution >= 4 is 32.4 Å². The lowest BCUT2D eigenvalue weighted by molar-refractivity contribution is -0.0656. The fraction of sp³-hybridized carbons (Fsp3) is 0.304. The van der Waals surface area contributed by atoms with Crippen LogP contribution in [0.25, 0.3) is 32.5 Å². The zero-order valence-electron chi connectivity index (χ0n) is 16.7. The average molecular weight is 442 g/mol. The van der Waals surface area contributed by atoms with E-state index in [-0.39, 0.29) is 13.0 Å². The van der Waals surface area contributed by atoms with Gasteiger partial charge in [0.15, 0.2) is 5.76 Å². The molecule has 0 radical (unpaired) electrons. The molecule has 31 heavy (non-hydrogen) atoms. The maximum Gasteiger partial charge on any atom is 0.260 e. The normalized spacial score (nSPS) is 16.7. The Labute approximate surface area is 181 Å². The largest absolute Gasteiger partial charge is 0.492 e. The van der Waals surface area contributed by atoms with Crippen molar-refractivity contribution in [3.63, 3.8) is 0 Å². The number of halogens is 2. The van der Waals surface area contributed by atoms with Crippen molar-refractivity contribution in [1.29, 1.82) is 5.41 Å². The quantitative estimate of drug-likeness (QED) is 0.457. The van der Waals surface area contributed by atoms with E-state index in [4.69, 9.17) is 14.6 Å². The maximum absolute atomic E-state index is 13.5.